The molecule has 0 saturated carbocycles. The topological polar surface area (TPSA) is 87.4 Å². The zero-order valence-corrected chi connectivity index (χ0v) is 14.3. The highest BCUT2D eigenvalue weighted by Gasteiger charge is 2.10. The molecule has 6 heteroatoms. The summed E-state index contributed by atoms with van der Waals surface area (Å²) in [6.45, 7) is 0.561. The summed E-state index contributed by atoms with van der Waals surface area (Å²) in [7, 11) is 0. The highest BCUT2D eigenvalue weighted by Crippen LogP contribution is 2.22. The molecular formula is C21H17N3O3. The number of aromatic nitrogens is 1. The van der Waals surface area contributed by atoms with Gasteiger partial charge in [0.05, 0.1) is 0 Å². The fraction of sp³-hybridized carbons (Fsp3) is 0.0476. The molecule has 0 atom stereocenters. The molecule has 4 aromatic rings. The van der Waals surface area contributed by atoms with Crippen molar-refractivity contribution in [1.29, 1.82) is 0 Å². The van der Waals surface area contributed by atoms with Crippen molar-refractivity contribution >= 4 is 23.0 Å². The zero-order chi connectivity index (χ0) is 18.6. The van der Waals surface area contributed by atoms with Gasteiger partial charge >= 0.3 is 0 Å². The van der Waals surface area contributed by atoms with Crippen LogP contribution in [0.2, 0.25) is 0 Å². The monoisotopic (exact) mass is 359 g/mol. The third-order valence-electron chi connectivity index (χ3n) is 4.26. The predicted octanol–water partition coefficient (Wildman–Crippen LogP) is 4.23. The number of anilines is 1. The number of carbonyl (C=O) groups excluding carboxylic acids is 1. The summed E-state index contributed by atoms with van der Waals surface area (Å²) in [5.41, 5.74) is 6.45. The van der Waals surface area contributed by atoms with Crippen LogP contribution in [0.15, 0.2) is 77.2 Å². The lowest BCUT2D eigenvalue weighted by Gasteiger charge is -2.05. The molecule has 27 heavy (non-hydrogen) atoms. The van der Waals surface area contributed by atoms with E-state index in [4.69, 9.17) is 9.62 Å². The highest BCUT2D eigenvalue weighted by molar-refractivity contribution is 5.96. The molecule has 1 aromatic heterocycles. The first-order valence-corrected chi connectivity index (χ1v) is 8.46. The van der Waals surface area contributed by atoms with Crippen molar-refractivity contribution in [3.05, 3.63) is 83.9 Å². The first kappa shape index (κ1) is 16.8. The van der Waals surface area contributed by atoms with Gasteiger partial charge < -0.3 is 9.73 Å². The van der Waals surface area contributed by atoms with Gasteiger partial charge in [-0.05, 0) is 34.9 Å². The number of fused-ring (bicyclic) bond motifs is 1. The number of benzene rings is 3. The van der Waals surface area contributed by atoms with E-state index in [2.05, 4.69) is 46.7 Å². The van der Waals surface area contributed by atoms with Gasteiger partial charge in [-0.2, -0.15) is 4.98 Å². The molecule has 0 aliphatic heterocycles. The second kappa shape index (κ2) is 7.31. The van der Waals surface area contributed by atoms with Crippen LogP contribution in [0, 0.1) is 0 Å². The summed E-state index contributed by atoms with van der Waals surface area (Å²) in [5.74, 6) is -0.590. The molecule has 0 saturated heterocycles. The molecular weight excluding hydrogens is 342 g/mol. The smallest absolute Gasteiger partial charge is 0.295 e. The summed E-state index contributed by atoms with van der Waals surface area (Å²) < 4.78 is 5.63. The molecule has 134 valence electrons. The minimum absolute atomic E-state index is 0.307. The van der Waals surface area contributed by atoms with Crippen molar-refractivity contribution in [2.45, 2.75) is 6.54 Å². The number of oxazole rings is 1. The number of hydrogen-bond acceptors (Lipinski definition) is 5. The molecule has 0 bridgehead atoms. The zero-order valence-electron chi connectivity index (χ0n) is 14.3. The number of nitrogens with one attached hydrogen (secondary N) is 2. The maximum atomic E-state index is 11.5. The van der Waals surface area contributed by atoms with Gasteiger partial charge in [0.1, 0.15) is 5.52 Å². The number of carbonyl (C=O) groups is 1. The van der Waals surface area contributed by atoms with Gasteiger partial charge in [0.15, 0.2) is 5.58 Å². The van der Waals surface area contributed by atoms with E-state index in [-0.39, 0.29) is 0 Å². The first-order chi connectivity index (χ1) is 13.2. The summed E-state index contributed by atoms with van der Waals surface area (Å²) in [6, 6.07) is 23.6. The predicted molar refractivity (Wildman–Crippen MR) is 102 cm³/mol. The van der Waals surface area contributed by atoms with Gasteiger partial charge in [-0.1, -0.05) is 54.6 Å². The summed E-state index contributed by atoms with van der Waals surface area (Å²) in [5, 5.41) is 11.9. The van der Waals surface area contributed by atoms with Gasteiger partial charge in [0, 0.05) is 12.1 Å². The van der Waals surface area contributed by atoms with Crippen molar-refractivity contribution < 1.29 is 14.4 Å². The fourth-order valence-corrected chi connectivity index (χ4v) is 2.83. The van der Waals surface area contributed by atoms with E-state index < -0.39 is 5.91 Å². The van der Waals surface area contributed by atoms with Crippen molar-refractivity contribution in [2.24, 2.45) is 0 Å². The van der Waals surface area contributed by atoms with Gasteiger partial charge in [0.25, 0.3) is 11.9 Å². The molecule has 3 aromatic carbocycles. The molecule has 6 nitrogen and oxygen atoms in total. The maximum absolute atomic E-state index is 11.5. The second-order valence-corrected chi connectivity index (χ2v) is 6.06. The molecule has 1 amide bonds. The Labute approximate surface area is 155 Å². The lowest BCUT2D eigenvalue weighted by molar-refractivity contribution is 0.0706. The molecule has 1 heterocycles. The third-order valence-corrected chi connectivity index (χ3v) is 4.26. The largest absolute Gasteiger partial charge is 0.424 e. The lowest BCUT2D eigenvalue weighted by atomic mass is 10.0. The quantitative estimate of drug-likeness (QED) is 0.367. The number of nitrogens with zero attached hydrogens (tertiary/aromatic N) is 1. The standard InChI is InChI=1S/C21H17N3O3/c25-20(24-26)17-10-11-19-18(12-17)23-21(27-19)22-13-14-6-8-16(9-7-14)15-4-2-1-3-5-15/h1-12,26H,13H2,(H,22,23)(H,24,25). The highest BCUT2D eigenvalue weighted by atomic mass is 16.5. The second-order valence-electron chi connectivity index (χ2n) is 6.06. The first-order valence-electron chi connectivity index (χ1n) is 8.46. The van der Waals surface area contributed by atoms with E-state index in [1.54, 1.807) is 23.7 Å². The Bertz CT molecular complexity index is 1070. The van der Waals surface area contributed by atoms with Crippen LogP contribution >= 0.6 is 0 Å². The average molecular weight is 359 g/mol. The van der Waals surface area contributed by atoms with Crippen molar-refractivity contribution in [2.75, 3.05) is 5.32 Å². The van der Waals surface area contributed by atoms with E-state index in [9.17, 15) is 4.79 Å². The summed E-state index contributed by atoms with van der Waals surface area (Å²) >= 11 is 0. The summed E-state index contributed by atoms with van der Waals surface area (Å²) in [4.78, 5) is 15.8. The molecule has 0 unspecified atom stereocenters. The van der Waals surface area contributed by atoms with Gasteiger partial charge in [-0.3, -0.25) is 10.0 Å². The van der Waals surface area contributed by atoms with Crippen LogP contribution in [0.25, 0.3) is 22.2 Å². The van der Waals surface area contributed by atoms with Crippen LogP contribution in [0.5, 0.6) is 0 Å². The van der Waals surface area contributed by atoms with Crippen LogP contribution in [-0.4, -0.2) is 16.1 Å². The van der Waals surface area contributed by atoms with Crippen molar-refractivity contribution in [3.63, 3.8) is 0 Å². The maximum Gasteiger partial charge on any atom is 0.295 e. The Morgan fingerprint density at radius 3 is 2.44 bits per heavy atom. The molecule has 0 spiro atoms. The fourth-order valence-electron chi connectivity index (χ4n) is 2.83. The lowest BCUT2D eigenvalue weighted by Crippen LogP contribution is -2.18. The Morgan fingerprint density at radius 2 is 1.70 bits per heavy atom. The Morgan fingerprint density at radius 1 is 0.963 bits per heavy atom. The van der Waals surface area contributed by atoms with Crippen LogP contribution in [0.4, 0.5) is 6.01 Å². The molecule has 0 fully saturated rings. The SMILES string of the molecule is O=C(NO)c1ccc2oc(NCc3ccc(-c4ccccc4)cc3)nc2c1. The molecule has 0 radical (unpaired) electrons. The Balaban J connectivity index is 1.46. The molecule has 0 aliphatic carbocycles. The summed E-state index contributed by atoms with van der Waals surface area (Å²) in [6.07, 6.45) is 0. The number of rotatable bonds is 5. The number of amides is 1. The minimum atomic E-state index is -0.590. The average Bonchev–Trinajstić information content (AvgIpc) is 3.15. The van der Waals surface area contributed by atoms with Crippen molar-refractivity contribution in [1.82, 2.24) is 10.5 Å². The minimum Gasteiger partial charge on any atom is -0.424 e. The number of hydroxylamine groups is 1. The van der Waals surface area contributed by atoms with E-state index in [1.807, 2.05) is 18.2 Å². The van der Waals surface area contributed by atoms with E-state index in [1.165, 1.54) is 5.56 Å². The Kier molecular flexibility index (Phi) is 4.55. The Hall–Kier alpha value is -3.64. The number of hydrogen-bond donors (Lipinski definition) is 3. The normalized spacial score (nSPS) is 10.7. The molecule has 0 aliphatic rings. The van der Waals surface area contributed by atoms with Gasteiger partial charge in [-0.25, -0.2) is 5.48 Å². The van der Waals surface area contributed by atoms with Gasteiger partial charge in [-0.15, -0.1) is 0 Å². The van der Waals surface area contributed by atoms with E-state index in [0.29, 0.717) is 29.2 Å². The van der Waals surface area contributed by atoms with Crippen molar-refractivity contribution in [3.8, 4) is 11.1 Å². The van der Waals surface area contributed by atoms with Crippen LogP contribution in [0.3, 0.4) is 0 Å². The molecule has 4 rings (SSSR count). The van der Waals surface area contributed by atoms with Crippen LogP contribution < -0.4 is 10.8 Å². The molecule has 3 N–H and O–H groups in total. The third kappa shape index (κ3) is 3.65. The van der Waals surface area contributed by atoms with Crippen LogP contribution in [-0.2, 0) is 6.54 Å². The van der Waals surface area contributed by atoms with Crippen LogP contribution in [0.1, 0.15) is 15.9 Å². The van der Waals surface area contributed by atoms with E-state index in [0.717, 1.165) is 11.1 Å². The van der Waals surface area contributed by atoms with E-state index >= 15 is 0 Å². The van der Waals surface area contributed by atoms with Gasteiger partial charge in [0.2, 0.25) is 0 Å².